The van der Waals surface area contributed by atoms with Gasteiger partial charge in [-0.05, 0) is 13.8 Å². The molecule has 2 rings (SSSR count). The van der Waals surface area contributed by atoms with Crippen molar-refractivity contribution in [2.24, 2.45) is 0 Å². The molecule has 74 valence electrons. The number of hydrogen-bond acceptors (Lipinski definition) is 4. The van der Waals surface area contributed by atoms with E-state index in [0.29, 0.717) is 17.5 Å². The first-order valence-corrected chi connectivity index (χ1v) is 4.43. The molecule has 0 unspecified atom stereocenters. The summed E-state index contributed by atoms with van der Waals surface area (Å²) in [5.41, 5.74) is 7.06. The zero-order chi connectivity index (χ0) is 10.1. The van der Waals surface area contributed by atoms with E-state index in [-0.39, 0.29) is 0 Å². The Bertz CT molecular complexity index is 429. The number of nitrogens with zero attached hydrogens (tertiary/aromatic N) is 3. The molecular formula is C9H12N4O. The largest absolute Gasteiger partial charge is 0.394 e. The summed E-state index contributed by atoms with van der Waals surface area (Å²) in [4.78, 5) is 0. The highest BCUT2D eigenvalue weighted by atomic mass is 16.5. The van der Waals surface area contributed by atoms with Crippen LogP contribution in [0.5, 0.6) is 0 Å². The van der Waals surface area contributed by atoms with E-state index in [2.05, 4.69) is 24.1 Å². The van der Waals surface area contributed by atoms with E-state index < -0.39 is 0 Å². The van der Waals surface area contributed by atoms with Gasteiger partial charge in [0.25, 0.3) is 0 Å². The minimum absolute atomic E-state index is 0.327. The van der Waals surface area contributed by atoms with Crippen LogP contribution in [0.3, 0.4) is 0 Å². The second kappa shape index (κ2) is 3.17. The summed E-state index contributed by atoms with van der Waals surface area (Å²) in [5, 5.41) is 7.80. The highest BCUT2D eigenvalue weighted by Gasteiger charge is 2.10. The zero-order valence-corrected chi connectivity index (χ0v) is 8.14. The fourth-order valence-corrected chi connectivity index (χ4v) is 1.20. The summed E-state index contributed by atoms with van der Waals surface area (Å²) in [6.45, 7) is 4.11. The molecule has 2 heterocycles. The van der Waals surface area contributed by atoms with Gasteiger partial charge < -0.3 is 10.3 Å². The molecule has 0 saturated carbocycles. The number of nitrogen functional groups attached to an aromatic ring is 1. The molecule has 0 aliphatic heterocycles. The minimum atomic E-state index is 0.327. The average Bonchev–Trinajstić information content (AvgIpc) is 2.71. The lowest BCUT2D eigenvalue weighted by molar-refractivity contribution is 0.432. The number of aromatic nitrogens is 3. The summed E-state index contributed by atoms with van der Waals surface area (Å²) in [5.74, 6) is 0.580. The standard InChI is InChI=1S/C9H12N4O/c1-6(2)13-5-7(3-11-13)9-8(10)4-12-14-9/h3-6H,10H2,1-2H3. The van der Waals surface area contributed by atoms with Crippen molar-refractivity contribution in [3.8, 4) is 11.3 Å². The van der Waals surface area contributed by atoms with Gasteiger partial charge in [0.15, 0.2) is 5.76 Å². The van der Waals surface area contributed by atoms with E-state index in [9.17, 15) is 0 Å². The van der Waals surface area contributed by atoms with E-state index in [1.54, 1.807) is 6.20 Å². The van der Waals surface area contributed by atoms with Gasteiger partial charge in [0.2, 0.25) is 0 Å². The summed E-state index contributed by atoms with van der Waals surface area (Å²) in [6, 6.07) is 0.327. The van der Waals surface area contributed by atoms with Crippen LogP contribution in [0, 0.1) is 0 Å². The Morgan fingerprint density at radius 1 is 1.43 bits per heavy atom. The van der Waals surface area contributed by atoms with Crippen molar-refractivity contribution < 1.29 is 4.52 Å². The Labute approximate surface area is 81.5 Å². The molecule has 0 spiro atoms. The van der Waals surface area contributed by atoms with Gasteiger partial charge in [-0.3, -0.25) is 4.68 Å². The van der Waals surface area contributed by atoms with Crippen LogP contribution in [0.25, 0.3) is 11.3 Å². The molecule has 0 bridgehead atoms. The Balaban J connectivity index is 2.39. The van der Waals surface area contributed by atoms with Crippen molar-refractivity contribution >= 4 is 5.69 Å². The van der Waals surface area contributed by atoms with Crippen molar-refractivity contribution in [2.45, 2.75) is 19.9 Å². The predicted octanol–water partition coefficient (Wildman–Crippen LogP) is 1.70. The molecule has 2 N–H and O–H groups in total. The molecule has 14 heavy (non-hydrogen) atoms. The molecule has 0 aliphatic rings. The Kier molecular flexibility index (Phi) is 1.99. The second-order valence-electron chi connectivity index (χ2n) is 3.41. The van der Waals surface area contributed by atoms with Gasteiger partial charge >= 0.3 is 0 Å². The predicted molar refractivity (Wildman–Crippen MR) is 52.5 cm³/mol. The third kappa shape index (κ3) is 1.37. The van der Waals surface area contributed by atoms with E-state index in [4.69, 9.17) is 10.3 Å². The number of anilines is 1. The van der Waals surface area contributed by atoms with E-state index in [0.717, 1.165) is 5.56 Å². The third-order valence-electron chi connectivity index (χ3n) is 1.99. The topological polar surface area (TPSA) is 69.9 Å². The van der Waals surface area contributed by atoms with Gasteiger partial charge in [-0.15, -0.1) is 0 Å². The van der Waals surface area contributed by atoms with Crippen LogP contribution in [0.4, 0.5) is 5.69 Å². The van der Waals surface area contributed by atoms with Crippen LogP contribution >= 0.6 is 0 Å². The van der Waals surface area contributed by atoms with Gasteiger partial charge in [-0.1, -0.05) is 5.16 Å². The maximum absolute atomic E-state index is 5.66. The molecule has 0 aromatic carbocycles. The van der Waals surface area contributed by atoms with Crippen molar-refractivity contribution in [1.29, 1.82) is 0 Å². The number of nitrogens with two attached hydrogens (primary N) is 1. The third-order valence-corrected chi connectivity index (χ3v) is 1.99. The fraction of sp³-hybridized carbons (Fsp3) is 0.333. The Morgan fingerprint density at radius 2 is 2.21 bits per heavy atom. The Morgan fingerprint density at radius 3 is 2.71 bits per heavy atom. The van der Waals surface area contributed by atoms with E-state index in [1.165, 1.54) is 6.20 Å². The molecule has 0 fully saturated rings. The van der Waals surface area contributed by atoms with Gasteiger partial charge in [-0.25, -0.2) is 0 Å². The van der Waals surface area contributed by atoms with Crippen LogP contribution in [-0.2, 0) is 0 Å². The van der Waals surface area contributed by atoms with Gasteiger partial charge in [-0.2, -0.15) is 5.10 Å². The van der Waals surface area contributed by atoms with Crippen molar-refractivity contribution in [3.05, 3.63) is 18.6 Å². The molecule has 0 saturated heterocycles. The quantitative estimate of drug-likeness (QED) is 0.786. The summed E-state index contributed by atoms with van der Waals surface area (Å²) in [7, 11) is 0. The summed E-state index contributed by atoms with van der Waals surface area (Å²) < 4.78 is 6.86. The lowest BCUT2D eigenvalue weighted by Crippen LogP contribution is -1.99. The van der Waals surface area contributed by atoms with E-state index in [1.807, 2.05) is 10.9 Å². The summed E-state index contributed by atoms with van der Waals surface area (Å²) >= 11 is 0. The molecule has 0 radical (unpaired) electrons. The monoisotopic (exact) mass is 192 g/mol. The SMILES string of the molecule is CC(C)n1cc(-c2oncc2N)cn1. The molecule has 0 atom stereocenters. The first-order chi connectivity index (χ1) is 6.68. The van der Waals surface area contributed by atoms with Crippen molar-refractivity contribution in [3.63, 3.8) is 0 Å². The maximum Gasteiger partial charge on any atom is 0.192 e. The second-order valence-corrected chi connectivity index (χ2v) is 3.41. The summed E-state index contributed by atoms with van der Waals surface area (Å²) in [6.07, 6.45) is 5.10. The molecule has 5 nitrogen and oxygen atoms in total. The van der Waals surface area contributed by atoms with Crippen LogP contribution < -0.4 is 5.73 Å². The number of rotatable bonds is 2. The normalized spacial score (nSPS) is 11.1. The van der Waals surface area contributed by atoms with Crippen LogP contribution in [0.15, 0.2) is 23.1 Å². The highest BCUT2D eigenvalue weighted by molar-refractivity contribution is 5.68. The van der Waals surface area contributed by atoms with Crippen molar-refractivity contribution in [2.75, 3.05) is 5.73 Å². The Hall–Kier alpha value is -1.78. The molecular weight excluding hydrogens is 180 g/mol. The van der Waals surface area contributed by atoms with Crippen molar-refractivity contribution in [1.82, 2.24) is 14.9 Å². The lowest BCUT2D eigenvalue weighted by atomic mass is 10.2. The average molecular weight is 192 g/mol. The lowest BCUT2D eigenvalue weighted by Gasteiger charge is -2.02. The number of hydrogen-bond donors (Lipinski definition) is 1. The molecule has 5 heteroatoms. The van der Waals surface area contributed by atoms with Crippen LogP contribution in [0.2, 0.25) is 0 Å². The molecule has 2 aromatic heterocycles. The molecule has 2 aromatic rings. The van der Waals surface area contributed by atoms with Crippen LogP contribution in [-0.4, -0.2) is 14.9 Å². The highest BCUT2D eigenvalue weighted by Crippen LogP contribution is 2.25. The molecule has 0 aliphatic carbocycles. The fourth-order valence-electron chi connectivity index (χ4n) is 1.20. The van der Waals surface area contributed by atoms with Gasteiger partial charge in [0.1, 0.15) is 5.69 Å². The van der Waals surface area contributed by atoms with Gasteiger partial charge in [0, 0.05) is 12.2 Å². The maximum atomic E-state index is 5.66. The zero-order valence-electron chi connectivity index (χ0n) is 8.14. The van der Waals surface area contributed by atoms with Crippen LogP contribution in [0.1, 0.15) is 19.9 Å². The van der Waals surface area contributed by atoms with E-state index >= 15 is 0 Å². The molecule has 0 amide bonds. The first-order valence-electron chi connectivity index (χ1n) is 4.43. The van der Waals surface area contributed by atoms with Gasteiger partial charge in [0.05, 0.1) is 18.0 Å². The first kappa shape index (κ1) is 8.80. The smallest absolute Gasteiger partial charge is 0.192 e. The minimum Gasteiger partial charge on any atom is -0.394 e.